The summed E-state index contributed by atoms with van der Waals surface area (Å²) in [5.74, 6) is -2.80. The maximum absolute atomic E-state index is 12.7. The number of aliphatic carboxylic acids is 1. The van der Waals surface area contributed by atoms with Gasteiger partial charge in [0.05, 0.1) is 11.6 Å². The van der Waals surface area contributed by atoms with Crippen LogP contribution in [0.3, 0.4) is 0 Å². The van der Waals surface area contributed by atoms with Gasteiger partial charge in [0, 0.05) is 23.6 Å². The molecule has 144 valence electrons. The molecule has 2 N–H and O–H groups in total. The standard InChI is InChI=1S/C21H18ClNO5/c22-15-10-8-13(9-11-15)18-17(19(26)14-5-2-1-3-6-14)20(27)21(28)23(18)12-4-7-16(24)25/h1-3,5-6,8-11,18,26H,4,7,12H2,(H,24,25)/b19-17+. The molecule has 1 aliphatic heterocycles. The van der Waals surface area contributed by atoms with Crippen molar-refractivity contribution in [3.63, 3.8) is 0 Å². The summed E-state index contributed by atoms with van der Waals surface area (Å²) in [4.78, 5) is 37.5. The van der Waals surface area contributed by atoms with Gasteiger partial charge in [-0.15, -0.1) is 0 Å². The summed E-state index contributed by atoms with van der Waals surface area (Å²) in [6, 6.07) is 14.3. The maximum Gasteiger partial charge on any atom is 0.303 e. The molecule has 0 spiro atoms. The van der Waals surface area contributed by atoms with E-state index < -0.39 is 23.7 Å². The number of aliphatic hydroxyl groups excluding tert-OH is 1. The SMILES string of the molecule is O=C(O)CCCN1C(=O)C(=O)/C(=C(/O)c2ccccc2)C1c1ccc(Cl)cc1. The summed E-state index contributed by atoms with van der Waals surface area (Å²) < 4.78 is 0. The van der Waals surface area contributed by atoms with Crippen LogP contribution in [0.15, 0.2) is 60.2 Å². The van der Waals surface area contributed by atoms with Gasteiger partial charge in [-0.05, 0) is 24.1 Å². The van der Waals surface area contributed by atoms with Crippen LogP contribution in [0.5, 0.6) is 0 Å². The molecule has 1 unspecified atom stereocenters. The molecule has 0 aliphatic carbocycles. The zero-order valence-electron chi connectivity index (χ0n) is 14.8. The fraction of sp³-hybridized carbons (Fsp3) is 0.190. The molecule has 1 saturated heterocycles. The number of carbonyl (C=O) groups is 3. The molecule has 0 bridgehead atoms. The predicted octanol–water partition coefficient (Wildman–Crippen LogP) is 3.63. The average molecular weight is 400 g/mol. The van der Waals surface area contributed by atoms with Gasteiger partial charge in [-0.2, -0.15) is 0 Å². The minimum atomic E-state index is -0.982. The van der Waals surface area contributed by atoms with Gasteiger partial charge in [0.15, 0.2) is 0 Å². The fourth-order valence-corrected chi connectivity index (χ4v) is 3.38. The first kappa shape index (κ1) is 19.6. The maximum atomic E-state index is 12.7. The highest BCUT2D eigenvalue weighted by Gasteiger charge is 2.45. The van der Waals surface area contributed by atoms with Crippen molar-refractivity contribution in [1.29, 1.82) is 0 Å². The van der Waals surface area contributed by atoms with Gasteiger partial charge in [0.2, 0.25) is 0 Å². The van der Waals surface area contributed by atoms with Crippen LogP contribution in [0.1, 0.15) is 30.0 Å². The Bertz CT molecular complexity index is 937. The van der Waals surface area contributed by atoms with E-state index in [2.05, 4.69) is 0 Å². The van der Waals surface area contributed by atoms with Crippen LogP contribution in [-0.2, 0) is 14.4 Å². The fourth-order valence-electron chi connectivity index (χ4n) is 3.25. The molecule has 1 aliphatic rings. The van der Waals surface area contributed by atoms with Crippen LogP contribution in [0.2, 0.25) is 5.02 Å². The summed E-state index contributed by atoms with van der Waals surface area (Å²) >= 11 is 5.95. The summed E-state index contributed by atoms with van der Waals surface area (Å²) in [6.07, 6.45) is 0.0623. The minimum Gasteiger partial charge on any atom is -0.507 e. The number of ketones is 1. The summed E-state index contributed by atoms with van der Waals surface area (Å²) in [6.45, 7) is 0.0791. The molecule has 28 heavy (non-hydrogen) atoms. The number of benzene rings is 2. The second-order valence-electron chi connectivity index (χ2n) is 6.41. The number of rotatable bonds is 6. The number of hydrogen-bond acceptors (Lipinski definition) is 4. The molecular weight excluding hydrogens is 382 g/mol. The smallest absolute Gasteiger partial charge is 0.303 e. The Morgan fingerprint density at radius 1 is 1.00 bits per heavy atom. The van der Waals surface area contributed by atoms with Crippen molar-refractivity contribution in [2.45, 2.75) is 18.9 Å². The van der Waals surface area contributed by atoms with Gasteiger partial charge in [-0.1, -0.05) is 54.1 Å². The molecule has 2 aromatic carbocycles. The zero-order chi connectivity index (χ0) is 20.3. The average Bonchev–Trinajstić information content (AvgIpc) is 2.93. The number of nitrogens with zero attached hydrogens (tertiary/aromatic N) is 1. The lowest BCUT2D eigenvalue weighted by atomic mass is 9.95. The quantitative estimate of drug-likeness (QED) is 0.439. The van der Waals surface area contributed by atoms with E-state index in [9.17, 15) is 19.5 Å². The van der Waals surface area contributed by atoms with E-state index in [1.54, 1.807) is 54.6 Å². The number of aliphatic hydroxyl groups is 1. The van der Waals surface area contributed by atoms with Crippen LogP contribution in [0.25, 0.3) is 5.76 Å². The van der Waals surface area contributed by atoms with Crippen molar-refractivity contribution in [2.75, 3.05) is 6.54 Å². The normalized spacial score (nSPS) is 18.5. The molecule has 0 aromatic heterocycles. The van der Waals surface area contributed by atoms with Crippen molar-refractivity contribution in [3.8, 4) is 0 Å². The van der Waals surface area contributed by atoms with E-state index in [4.69, 9.17) is 16.7 Å². The topological polar surface area (TPSA) is 94.9 Å². The van der Waals surface area contributed by atoms with Gasteiger partial charge in [-0.3, -0.25) is 14.4 Å². The van der Waals surface area contributed by atoms with E-state index in [1.165, 1.54) is 4.90 Å². The third-order valence-corrected chi connectivity index (χ3v) is 4.81. The van der Waals surface area contributed by atoms with Crippen LogP contribution in [-0.4, -0.2) is 39.3 Å². The lowest BCUT2D eigenvalue weighted by Gasteiger charge is -2.25. The molecule has 6 nitrogen and oxygen atoms in total. The number of carboxylic acids is 1. The number of hydrogen-bond donors (Lipinski definition) is 2. The van der Waals surface area contributed by atoms with E-state index in [0.29, 0.717) is 16.1 Å². The van der Waals surface area contributed by atoms with E-state index >= 15 is 0 Å². The van der Waals surface area contributed by atoms with Crippen LogP contribution in [0.4, 0.5) is 0 Å². The van der Waals surface area contributed by atoms with Gasteiger partial charge in [0.1, 0.15) is 5.76 Å². The molecule has 1 amide bonds. The van der Waals surface area contributed by atoms with Crippen LogP contribution in [0, 0.1) is 0 Å². The van der Waals surface area contributed by atoms with Gasteiger partial charge in [0.25, 0.3) is 11.7 Å². The van der Waals surface area contributed by atoms with Gasteiger partial charge < -0.3 is 15.1 Å². The zero-order valence-corrected chi connectivity index (χ0v) is 15.6. The Morgan fingerprint density at radius 3 is 2.25 bits per heavy atom. The van der Waals surface area contributed by atoms with Crippen molar-refractivity contribution in [3.05, 3.63) is 76.3 Å². The lowest BCUT2D eigenvalue weighted by molar-refractivity contribution is -0.140. The van der Waals surface area contributed by atoms with Crippen molar-refractivity contribution < 1.29 is 24.6 Å². The highest BCUT2D eigenvalue weighted by molar-refractivity contribution is 6.46. The Morgan fingerprint density at radius 2 is 1.64 bits per heavy atom. The summed E-state index contributed by atoms with van der Waals surface area (Å²) in [5.41, 5.74) is 1.01. The summed E-state index contributed by atoms with van der Waals surface area (Å²) in [5, 5.41) is 20.2. The largest absolute Gasteiger partial charge is 0.507 e. The number of amides is 1. The Kier molecular flexibility index (Phi) is 5.80. The molecule has 3 rings (SSSR count). The molecule has 7 heteroatoms. The molecule has 0 radical (unpaired) electrons. The second-order valence-corrected chi connectivity index (χ2v) is 6.84. The summed E-state index contributed by atoms with van der Waals surface area (Å²) in [7, 11) is 0. The number of carboxylic acid groups (broad SMARTS) is 1. The first-order chi connectivity index (χ1) is 13.4. The van der Waals surface area contributed by atoms with Crippen molar-refractivity contribution in [1.82, 2.24) is 4.90 Å². The van der Waals surface area contributed by atoms with E-state index in [0.717, 1.165) is 0 Å². The Balaban J connectivity index is 2.08. The van der Waals surface area contributed by atoms with Crippen LogP contribution >= 0.6 is 11.6 Å². The first-order valence-electron chi connectivity index (χ1n) is 8.71. The number of halogens is 1. The monoisotopic (exact) mass is 399 g/mol. The molecule has 1 heterocycles. The van der Waals surface area contributed by atoms with Crippen molar-refractivity contribution in [2.24, 2.45) is 0 Å². The predicted molar refractivity (Wildman–Crippen MR) is 104 cm³/mol. The second kappa shape index (κ2) is 8.27. The molecular formula is C21H18ClNO5. The molecule has 2 aromatic rings. The van der Waals surface area contributed by atoms with E-state index in [1.807, 2.05) is 0 Å². The minimum absolute atomic E-state index is 0.0196. The number of likely N-dealkylation sites (tertiary alicyclic amines) is 1. The number of carbonyl (C=O) groups excluding carboxylic acids is 2. The number of Topliss-reactive ketones (excluding diaryl/α,β-unsaturated/α-hetero) is 1. The lowest BCUT2D eigenvalue weighted by Crippen LogP contribution is -2.31. The highest BCUT2D eigenvalue weighted by atomic mass is 35.5. The first-order valence-corrected chi connectivity index (χ1v) is 9.09. The molecule has 1 fully saturated rings. The van der Waals surface area contributed by atoms with Crippen molar-refractivity contribution >= 4 is 35.0 Å². The molecule has 0 saturated carbocycles. The Labute approximate surface area is 166 Å². The molecule has 1 atom stereocenters. The van der Waals surface area contributed by atoms with Gasteiger partial charge >= 0.3 is 5.97 Å². The van der Waals surface area contributed by atoms with Crippen LogP contribution < -0.4 is 0 Å². The van der Waals surface area contributed by atoms with E-state index in [-0.39, 0.29) is 30.7 Å². The third-order valence-electron chi connectivity index (χ3n) is 4.56. The Hall–Kier alpha value is -3.12. The third kappa shape index (κ3) is 3.92. The highest BCUT2D eigenvalue weighted by Crippen LogP contribution is 2.39. The van der Waals surface area contributed by atoms with Gasteiger partial charge in [-0.25, -0.2) is 0 Å².